The molecule has 1 aliphatic heterocycles. The summed E-state index contributed by atoms with van der Waals surface area (Å²) < 4.78 is 0. The Balaban J connectivity index is 1.38. The Labute approximate surface area is 186 Å². The van der Waals surface area contributed by atoms with Gasteiger partial charge in [-0.25, -0.2) is 4.99 Å². The number of phenolic OH excluding ortho intramolecular Hbond substituents is 1. The molecule has 2 aliphatic carbocycles. The Morgan fingerprint density at radius 2 is 1.94 bits per heavy atom. The lowest BCUT2D eigenvalue weighted by atomic mass is 9.88. The number of likely N-dealkylation sites (tertiary alicyclic amines) is 1. The number of aryl methyl sites for hydroxylation is 1. The molecule has 3 aliphatic rings. The summed E-state index contributed by atoms with van der Waals surface area (Å²) in [7, 11) is 0. The highest BCUT2D eigenvalue weighted by Crippen LogP contribution is 2.31. The van der Waals surface area contributed by atoms with Gasteiger partial charge in [-0.1, -0.05) is 25.3 Å². The number of hydrogen-bond acceptors (Lipinski definition) is 3. The molecule has 1 unspecified atom stereocenters. The van der Waals surface area contributed by atoms with Gasteiger partial charge in [-0.2, -0.15) is 0 Å². The number of carbonyl (C=O) groups is 1. The molecule has 0 spiro atoms. The van der Waals surface area contributed by atoms with Crippen LogP contribution in [0.25, 0.3) is 0 Å². The number of fused-ring (bicyclic) bond motifs is 1. The number of nitrogens with zero attached hydrogens (tertiary/aromatic N) is 2. The molecule has 31 heavy (non-hydrogen) atoms. The van der Waals surface area contributed by atoms with Crippen molar-refractivity contribution in [3.05, 3.63) is 28.8 Å². The van der Waals surface area contributed by atoms with E-state index in [2.05, 4.69) is 28.5 Å². The van der Waals surface area contributed by atoms with Crippen LogP contribution in [0.2, 0.25) is 0 Å². The van der Waals surface area contributed by atoms with E-state index < -0.39 is 0 Å². The van der Waals surface area contributed by atoms with Crippen molar-refractivity contribution in [1.29, 1.82) is 0 Å². The highest BCUT2D eigenvalue weighted by atomic mass is 16.3. The van der Waals surface area contributed by atoms with Crippen LogP contribution in [0.1, 0.15) is 75.0 Å². The lowest BCUT2D eigenvalue weighted by molar-refractivity contribution is -0.135. The Morgan fingerprint density at radius 1 is 1.13 bits per heavy atom. The Kier molecular flexibility index (Phi) is 7.36. The lowest BCUT2D eigenvalue weighted by Gasteiger charge is -2.26. The summed E-state index contributed by atoms with van der Waals surface area (Å²) in [5.41, 5.74) is 3.62. The van der Waals surface area contributed by atoms with Crippen molar-refractivity contribution in [2.75, 3.05) is 19.6 Å². The van der Waals surface area contributed by atoms with Crippen LogP contribution in [0.4, 0.5) is 0 Å². The number of carbonyl (C=O) groups excluding carboxylic acids is 1. The lowest BCUT2D eigenvalue weighted by Crippen LogP contribution is -2.45. The highest BCUT2D eigenvalue weighted by molar-refractivity contribution is 5.81. The second-order valence-corrected chi connectivity index (χ2v) is 9.35. The minimum absolute atomic E-state index is 0.226. The molecule has 1 atom stereocenters. The number of aromatic hydroxyl groups is 1. The number of guanidine groups is 1. The SMILES string of the molecule is CCNC(=NCc1c(O)ccc2c1CCCC2)NC1CCN(C(=O)C2CCCCC2)C1. The fourth-order valence-electron chi connectivity index (χ4n) is 5.43. The summed E-state index contributed by atoms with van der Waals surface area (Å²) in [5.74, 6) is 1.71. The Morgan fingerprint density at radius 3 is 2.74 bits per heavy atom. The third kappa shape index (κ3) is 5.34. The molecule has 2 fully saturated rings. The molecule has 1 aromatic carbocycles. The molecule has 6 heteroatoms. The molecule has 1 aromatic rings. The van der Waals surface area contributed by atoms with Gasteiger partial charge in [-0.15, -0.1) is 0 Å². The summed E-state index contributed by atoms with van der Waals surface area (Å²) >= 11 is 0. The van der Waals surface area contributed by atoms with Crippen LogP contribution in [0.3, 0.4) is 0 Å². The molecule has 170 valence electrons. The van der Waals surface area contributed by atoms with Gasteiger partial charge in [-0.05, 0) is 69.1 Å². The molecule has 1 amide bonds. The van der Waals surface area contributed by atoms with Crippen LogP contribution in [-0.2, 0) is 24.2 Å². The van der Waals surface area contributed by atoms with Gasteiger partial charge >= 0.3 is 0 Å². The molecule has 0 radical (unpaired) electrons. The minimum Gasteiger partial charge on any atom is -0.508 e. The summed E-state index contributed by atoms with van der Waals surface area (Å²) in [6, 6.07) is 4.11. The van der Waals surface area contributed by atoms with Gasteiger partial charge in [0, 0.05) is 37.2 Å². The van der Waals surface area contributed by atoms with E-state index in [9.17, 15) is 9.90 Å². The summed E-state index contributed by atoms with van der Waals surface area (Å²) in [6.45, 7) is 4.90. The van der Waals surface area contributed by atoms with Crippen molar-refractivity contribution < 1.29 is 9.90 Å². The van der Waals surface area contributed by atoms with Crippen LogP contribution in [-0.4, -0.2) is 47.5 Å². The number of amides is 1. The fourth-order valence-corrected chi connectivity index (χ4v) is 5.43. The van der Waals surface area contributed by atoms with Crippen LogP contribution >= 0.6 is 0 Å². The maximum Gasteiger partial charge on any atom is 0.225 e. The normalized spacial score (nSPS) is 22.3. The third-order valence-corrected chi connectivity index (χ3v) is 7.16. The first-order valence-electron chi connectivity index (χ1n) is 12.3. The maximum absolute atomic E-state index is 12.9. The quantitative estimate of drug-likeness (QED) is 0.497. The second kappa shape index (κ2) is 10.4. The average Bonchev–Trinajstić information content (AvgIpc) is 3.27. The van der Waals surface area contributed by atoms with E-state index in [1.165, 1.54) is 43.2 Å². The largest absolute Gasteiger partial charge is 0.508 e. The van der Waals surface area contributed by atoms with E-state index in [1.807, 2.05) is 6.07 Å². The molecule has 0 bridgehead atoms. The van der Waals surface area contributed by atoms with E-state index >= 15 is 0 Å². The van der Waals surface area contributed by atoms with Crippen molar-refractivity contribution in [3.8, 4) is 5.75 Å². The zero-order valence-electron chi connectivity index (χ0n) is 19.0. The van der Waals surface area contributed by atoms with Crippen LogP contribution in [0.5, 0.6) is 5.75 Å². The fraction of sp³-hybridized carbons (Fsp3) is 0.680. The Hall–Kier alpha value is -2.24. The third-order valence-electron chi connectivity index (χ3n) is 7.16. The predicted octanol–water partition coefficient (Wildman–Crippen LogP) is 3.51. The summed E-state index contributed by atoms with van der Waals surface area (Å²) in [6.07, 6.45) is 11.3. The van der Waals surface area contributed by atoms with Gasteiger partial charge in [0.25, 0.3) is 0 Å². The summed E-state index contributed by atoms with van der Waals surface area (Å²) in [4.78, 5) is 19.7. The first-order valence-corrected chi connectivity index (χ1v) is 12.3. The van der Waals surface area contributed by atoms with Crippen LogP contribution in [0.15, 0.2) is 17.1 Å². The van der Waals surface area contributed by atoms with Crippen molar-refractivity contribution in [3.63, 3.8) is 0 Å². The smallest absolute Gasteiger partial charge is 0.225 e. The summed E-state index contributed by atoms with van der Waals surface area (Å²) in [5, 5.41) is 17.3. The molecule has 1 heterocycles. The van der Waals surface area contributed by atoms with Crippen LogP contribution in [0, 0.1) is 5.92 Å². The highest BCUT2D eigenvalue weighted by Gasteiger charge is 2.31. The van der Waals surface area contributed by atoms with Gasteiger partial charge in [0.1, 0.15) is 5.75 Å². The van der Waals surface area contributed by atoms with Crippen molar-refractivity contribution in [2.24, 2.45) is 10.9 Å². The predicted molar refractivity (Wildman–Crippen MR) is 124 cm³/mol. The average molecular weight is 427 g/mol. The molecular formula is C25H38N4O2. The maximum atomic E-state index is 12.9. The first kappa shape index (κ1) is 22.0. The molecular weight excluding hydrogens is 388 g/mol. The number of phenols is 1. The molecule has 6 nitrogen and oxygen atoms in total. The standard InChI is InChI=1S/C25H38N4O2/c1-2-26-25(27-16-22-21-11-7-6-8-18(21)12-13-23(22)30)28-20-14-15-29(17-20)24(31)19-9-4-3-5-10-19/h12-13,19-20,30H,2-11,14-17H2,1H3,(H2,26,27,28). The van der Waals surface area contributed by atoms with E-state index in [4.69, 9.17) is 4.99 Å². The zero-order valence-corrected chi connectivity index (χ0v) is 19.0. The molecule has 1 saturated heterocycles. The van der Waals surface area contributed by atoms with Crippen molar-refractivity contribution in [1.82, 2.24) is 15.5 Å². The van der Waals surface area contributed by atoms with Crippen molar-refractivity contribution in [2.45, 2.75) is 83.7 Å². The van der Waals surface area contributed by atoms with Gasteiger partial charge in [0.2, 0.25) is 5.91 Å². The van der Waals surface area contributed by atoms with E-state index in [-0.39, 0.29) is 12.0 Å². The number of aliphatic imine (C=N–C) groups is 1. The number of benzene rings is 1. The van der Waals surface area contributed by atoms with Gasteiger partial charge in [0.15, 0.2) is 5.96 Å². The van der Waals surface area contributed by atoms with Gasteiger partial charge in [-0.3, -0.25) is 4.79 Å². The molecule has 3 N–H and O–H groups in total. The zero-order chi connectivity index (χ0) is 21.6. The molecule has 0 aromatic heterocycles. The monoisotopic (exact) mass is 426 g/mol. The first-order chi connectivity index (χ1) is 15.2. The Bertz CT molecular complexity index is 801. The van der Waals surface area contributed by atoms with E-state index in [1.54, 1.807) is 0 Å². The topological polar surface area (TPSA) is 77.0 Å². The second-order valence-electron chi connectivity index (χ2n) is 9.35. The van der Waals surface area contributed by atoms with Gasteiger partial charge < -0.3 is 20.6 Å². The van der Waals surface area contributed by atoms with Crippen molar-refractivity contribution >= 4 is 11.9 Å². The van der Waals surface area contributed by atoms with E-state index in [0.29, 0.717) is 18.2 Å². The molecule has 1 saturated carbocycles. The number of rotatable bonds is 5. The minimum atomic E-state index is 0.226. The molecule has 4 rings (SSSR count). The van der Waals surface area contributed by atoms with E-state index in [0.717, 1.165) is 63.3 Å². The van der Waals surface area contributed by atoms with Gasteiger partial charge in [0.05, 0.1) is 6.54 Å². The number of nitrogens with one attached hydrogen (secondary N) is 2. The van der Waals surface area contributed by atoms with Crippen LogP contribution < -0.4 is 10.6 Å². The number of hydrogen-bond donors (Lipinski definition) is 3.